The number of carbonyl (C=O) groups excluding carboxylic acids is 1. The summed E-state index contributed by atoms with van der Waals surface area (Å²) in [5.74, 6) is -0.0783. The Bertz CT molecular complexity index is 1270. The molecule has 5 nitrogen and oxygen atoms in total. The third-order valence-electron chi connectivity index (χ3n) is 7.89. The molecule has 0 radical (unpaired) electrons. The number of alkyl halides is 3. The summed E-state index contributed by atoms with van der Waals surface area (Å²) in [4.78, 5) is 18.4. The zero-order valence-corrected chi connectivity index (χ0v) is 19.4. The molecule has 186 valence electrons. The van der Waals surface area contributed by atoms with Crippen LogP contribution < -0.4 is 0 Å². The van der Waals surface area contributed by atoms with Crippen LogP contribution in [0.2, 0.25) is 0 Å². The maximum Gasteiger partial charge on any atom is 0.433 e. The van der Waals surface area contributed by atoms with E-state index < -0.39 is 35.6 Å². The fourth-order valence-electron chi connectivity index (χ4n) is 6.42. The van der Waals surface area contributed by atoms with E-state index in [-0.39, 0.29) is 30.9 Å². The number of piperidine rings is 1. The summed E-state index contributed by atoms with van der Waals surface area (Å²) in [6.07, 6.45) is -2.82. The molecule has 3 aromatic rings. The van der Waals surface area contributed by atoms with Crippen LogP contribution in [0.1, 0.15) is 54.0 Å². The Labute approximate surface area is 206 Å². The number of nitrogens with zero attached hydrogens (tertiary/aromatic N) is 2. The first-order chi connectivity index (χ1) is 17.3. The van der Waals surface area contributed by atoms with Crippen LogP contribution in [0.5, 0.6) is 0 Å². The van der Waals surface area contributed by atoms with E-state index in [2.05, 4.69) is 17.1 Å². The van der Waals surface area contributed by atoms with Crippen molar-refractivity contribution < 1.29 is 27.8 Å². The van der Waals surface area contributed by atoms with Crippen LogP contribution in [-0.2, 0) is 16.5 Å². The molecule has 0 spiro atoms. The molecule has 2 bridgehead atoms. The number of aliphatic hydroxyl groups is 1. The average molecular weight is 495 g/mol. The minimum atomic E-state index is -4.67. The number of halogens is 3. The summed E-state index contributed by atoms with van der Waals surface area (Å²) in [5, 5.41) is 11.4. The van der Waals surface area contributed by atoms with Gasteiger partial charge in [0.15, 0.2) is 0 Å². The highest BCUT2D eigenvalue weighted by atomic mass is 19.4. The molecule has 36 heavy (non-hydrogen) atoms. The second kappa shape index (κ2) is 8.34. The molecule has 6 rings (SSSR count). The van der Waals surface area contributed by atoms with Crippen molar-refractivity contribution in [2.24, 2.45) is 0 Å². The van der Waals surface area contributed by atoms with Crippen LogP contribution in [0, 0.1) is 0 Å². The number of benzene rings is 2. The molecule has 1 N–H and O–H groups in total. The molecule has 2 saturated heterocycles. The Morgan fingerprint density at radius 2 is 1.56 bits per heavy atom. The second-order valence-electron chi connectivity index (χ2n) is 9.93. The highest BCUT2D eigenvalue weighted by Gasteiger charge is 2.53. The van der Waals surface area contributed by atoms with E-state index in [9.17, 15) is 23.1 Å². The molecule has 0 saturated carbocycles. The molecule has 3 heterocycles. The van der Waals surface area contributed by atoms with Crippen molar-refractivity contribution in [1.29, 1.82) is 0 Å². The SMILES string of the molecule is O=C(OCC1c2ccccc2-c2ccccc21)N1C2CCC1CC(O)(c1cccnc1C(F)(F)F)C2. The summed E-state index contributed by atoms with van der Waals surface area (Å²) >= 11 is 0. The number of rotatable bonds is 3. The predicted octanol–water partition coefficient (Wildman–Crippen LogP) is 5.86. The number of pyridine rings is 1. The Balaban J connectivity index is 1.20. The van der Waals surface area contributed by atoms with Gasteiger partial charge in [0.1, 0.15) is 12.3 Å². The van der Waals surface area contributed by atoms with Crippen LogP contribution >= 0.6 is 0 Å². The smallest absolute Gasteiger partial charge is 0.433 e. The van der Waals surface area contributed by atoms with E-state index in [0.717, 1.165) is 28.5 Å². The summed E-state index contributed by atoms with van der Waals surface area (Å²) < 4.78 is 46.6. The van der Waals surface area contributed by atoms with Crippen LogP contribution in [-0.4, -0.2) is 39.8 Å². The predicted molar refractivity (Wildman–Crippen MR) is 126 cm³/mol. The number of fused-ring (bicyclic) bond motifs is 5. The van der Waals surface area contributed by atoms with Gasteiger partial charge in [-0.3, -0.25) is 4.98 Å². The minimum Gasteiger partial charge on any atom is -0.448 e. The number of hydrogen-bond donors (Lipinski definition) is 1. The van der Waals surface area contributed by atoms with Gasteiger partial charge in [-0.15, -0.1) is 0 Å². The lowest BCUT2D eigenvalue weighted by atomic mass is 9.79. The first kappa shape index (κ1) is 23.0. The summed E-state index contributed by atoms with van der Waals surface area (Å²) in [6.45, 7) is 0.174. The van der Waals surface area contributed by atoms with Crippen molar-refractivity contribution in [2.75, 3.05) is 6.61 Å². The molecule has 2 atom stereocenters. The van der Waals surface area contributed by atoms with E-state index in [4.69, 9.17) is 4.74 Å². The Kier molecular flexibility index (Phi) is 5.33. The van der Waals surface area contributed by atoms with Crippen molar-refractivity contribution in [3.05, 3.63) is 89.2 Å². The zero-order valence-electron chi connectivity index (χ0n) is 19.4. The Morgan fingerprint density at radius 1 is 0.972 bits per heavy atom. The maximum absolute atomic E-state index is 13.6. The van der Waals surface area contributed by atoms with E-state index in [1.165, 1.54) is 12.1 Å². The molecular weight excluding hydrogens is 469 g/mol. The molecule has 2 unspecified atom stereocenters. The van der Waals surface area contributed by atoms with E-state index in [1.54, 1.807) is 4.90 Å². The Hall–Kier alpha value is -3.39. The Morgan fingerprint density at radius 3 is 2.14 bits per heavy atom. The fourth-order valence-corrected chi connectivity index (χ4v) is 6.42. The standard InChI is InChI=1S/C28H25F3N2O3/c29-28(30,31)25-24(10-5-13-32-25)27(35)14-17-11-12-18(15-27)33(17)26(34)36-16-23-21-8-3-1-6-19(21)20-7-2-4-9-22(20)23/h1-10,13,17-18,23,35H,11-12,14-16H2. The van der Waals surface area contributed by atoms with Crippen molar-refractivity contribution in [2.45, 2.75) is 55.5 Å². The van der Waals surface area contributed by atoms with E-state index >= 15 is 0 Å². The van der Waals surface area contributed by atoms with Gasteiger partial charge in [-0.25, -0.2) is 4.79 Å². The van der Waals surface area contributed by atoms with E-state index in [0.29, 0.717) is 12.8 Å². The molecule has 3 aliphatic rings. The molecule has 1 aliphatic carbocycles. The largest absolute Gasteiger partial charge is 0.448 e. The molecule has 1 aromatic heterocycles. The van der Waals surface area contributed by atoms with Crippen molar-refractivity contribution in [1.82, 2.24) is 9.88 Å². The van der Waals surface area contributed by atoms with E-state index in [1.807, 2.05) is 36.4 Å². The number of amides is 1. The van der Waals surface area contributed by atoms with Gasteiger partial charge in [0.05, 0.1) is 5.60 Å². The fraction of sp³-hybridized carbons (Fsp3) is 0.357. The number of hydrogen-bond acceptors (Lipinski definition) is 4. The van der Waals surface area contributed by atoms with Gasteiger partial charge in [-0.1, -0.05) is 54.6 Å². The third kappa shape index (κ3) is 3.66. The average Bonchev–Trinajstić information content (AvgIpc) is 3.34. The number of aromatic nitrogens is 1. The molecule has 2 fully saturated rings. The molecule has 1 amide bonds. The van der Waals surface area contributed by atoms with Crippen LogP contribution in [0.4, 0.5) is 18.0 Å². The van der Waals surface area contributed by atoms with Gasteiger partial charge in [-0.05, 0) is 41.2 Å². The lowest BCUT2D eigenvalue weighted by Crippen LogP contribution is -2.52. The molecule has 2 aromatic carbocycles. The normalized spacial score (nSPS) is 24.9. The number of ether oxygens (including phenoxy) is 1. The highest BCUT2D eigenvalue weighted by molar-refractivity contribution is 5.79. The summed E-state index contributed by atoms with van der Waals surface area (Å²) in [5.41, 5.74) is 1.49. The first-order valence-electron chi connectivity index (χ1n) is 12.1. The van der Waals surface area contributed by atoms with Gasteiger partial charge in [-0.2, -0.15) is 13.2 Å². The summed E-state index contributed by atoms with van der Waals surface area (Å²) in [6, 6.07) is 18.0. The minimum absolute atomic E-state index is 0.0163. The van der Waals surface area contributed by atoms with Crippen molar-refractivity contribution in [3.8, 4) is 11.1 Å². The lowest BCUT2D eigenvalue weighted by molar-refractivity contribution is -0.146. The molecular formula is C28H25F3N2O3. The highest BCUT2D eigenvalue weighted by Crippen LogP contribution is 2.49. The second-order valence-corrected chi connectivity index (χ2v) is 9.93. The monoisotopic (exact) mass is 494 g/mol. The first-order valence-corrected chi connectivity index (χ1v) is 12.1. The van der Waals surface area contributed by atoms with Gasteiger partial charge >= 0.3 is 12.3 Å². The molecule has 2 aliphatic heterocycles. The summed E-state index contributed by atoms with van der Waals surface area (Å²) in [7, 11) is 0. The van der Waals surface area contributed by atoms with Crippen LogP contribution in [0.15, 0.2) is 66.9 Å². The lowest BCUT2D eigenvalue weighted by Gasteiger charge is -2.43. The van der Waals surface area contributed by atoms with Gasteiger partial charge < -0.3 is 14.7 Å². The van der Waals surface area contributed by atoms with Gasteiger partial charge in [0.2, 0.25) is 0 Å². The number of carbonyl (C=O) groups is 1. The maximum atomic E-state index is 13.6. The molecule has 8 heteroatoms. The van der Waals surface area contributed by atoms with Crippen LogP contribution in [0.25, 0.3) is 11.1 Å². The quantitative estimate of drug-likeness (QED) is 0.495. The van der Waals surface area contributed by atoms with Crippen LogP contribution in [0.3, 0.4) is 0 Å². The van der Waals surface area contributed by atoms with Crippen molar-refractivity contribution >= 4 is 6.09 Å². The van der Waals surface area contributed by atoms with Crippen molar-refractivity contribution in [3.63, 3.8) is 0 Å². The van der Waals surface area contributed by atoms with Gasteiger partial charge in [0, 0.05) is 42.6 Å². The van der Waals surface area contributed by atoms with Gasteiger partial charge in [0.25, 0.3) is 0 Å². The third-order valence-corrected chi connectivity index (χ3v) is 7.89. The topological polar surface area (TPSA) is 62.7 Å². The zero-order chi connectivity index (χ0) is 25.1.